The van der Waals surface area contributed by atoms with Crippen LogP contribution in [-0.4, -0.2) is 43.4 Å². The van der Waals surface area contributed by atoms with Crippen molar-refractivity contribution in [2.24, 2.45) is 17.8 Å². The van der Waals surface area contributed by atoms with E-state index in [1.54, 1.807) is 0 Å². The lowest BCUT2D eigenvalue weighted by atomic mass is 9.94. The molecule has 3 N–H and O–H groups in total. The smallest absolute Gasteiger partial charge is 0.314 e. The molecule has 1 saturated heterocycles. The molecule has 0 spiro atoms. The molecule has 0 aromatic heterocycles. The number of carbonyl (C=O) groups excluding carboxylic acids is 1. The summed E-state index contributed by atoms with van der Waals surface area (Å²) in [4.78, 5) is 22.5. The van der Waals surface area contributed by atoms with Gasteiger partial charge in [0, 0.05) is 32.7 Å². The lowest BCUT2D eigenvalue weighted by Gasteiger charge is -2.18. The molecule has 1 fully saturated rings. The van der Waals surface area contributed by atoms with Crippen LogP contribution in [0.25, 0.3) is 0 Å². The fraction of sp³-hybridized carbons (Fsp3) is 0.867. The van der Waals surface area contributed by atoms with Crippen LogP contribution in [0.15, 0.2) is 0 Å². The van der Waals surface area contributed by atoms with Gasteiger partial charge in [-0.1, -0.05) is 13.8 Å². The van der Waals surface area contributed by atoms with Crippen LogP contribution < -0.4 is 10.6 Å². The Bertz CT molecular complexity index is 328. The van der Waals surface area contributed by atoms with Gasteiger partial charge in [-0.05, 0) is 37.0 Å². The van der Waals surface area contributed by atoms with Crippen molar-refractivity contribution < 1.29 is 19.4 Å². The molecular formula is C15H28N2O4. The molecule has 0 bridgehead atoms. The number of urea groups is 1. The summed E-state index contributed by atoms with van der Waals surface area (Å²) < 4.78 is 5.28. The maximum Gasteiger partial charge on any atom is 0.314 e. The van der Waals surface area contributed by atoms with E-state index in [4.69, 9.17) is 9.84 Å². The average Bonchev–Trinajstić information content (AvgIpc) is 2.88. The van der Waals surface area contributed by atoms with E-state index in [1.807, 2.05) is 0 Å². The Morgan fingerprint density at radius 3 is 2.67 bits per heavy atom. The zero-order chi connectivity index (χ0) is 15.7. The molecule has 0 aliphatic carbocycles. The van der Waals surface area contributed by atoms with E-state index in [2.05, 4.69) is 24.5 Å². The van der Waals surface area contributed by atoms with Crippen LogP contribution in [0.3, 0.4) is 0 Å². The zero-order valence-corrected chi connectivity index (χ0v) is 13.1. The van der Waals surface area contributed by atoms with E-state index in [-0.39, 0.29) is 18.4 Å². The Morgan fingerprint density at radius 2 is 2.10 bits per heavy atom. The Kier molecular flexibility index (Phi) is 8.12. The minimum absolute atomic E-state index is 0.0171. The monoisotopic (exact) mass is 300 g/mol. The highest BCUT2D eigenvalue weighted by Gasteiger charge is 2.17. The zero-order valence-electron chi connectivity index (χ0n) is 13.1. The number of nitrogens with one attached hydrogen (secondary N) is 2. The van der Waals surface area contributed by atoms with Crippen molar-refractivity contribution >= 4 is 12.0 Å². The summed E-state index contributed by atoms with van der Waals surface area (Å²) in [5, 5.41) is 14.5. The first-order valence-electron chi connectivity index (χ1n) is 7.78. The minimum atomic E-state index is -0.816. The van der Waals surface area contributed by atoms with Crippen LogP contribution in [-0.2, 0) is 9.53 Å². The average molecular weight is 300 g/mol. The fourth-order valence-electron chi connectivity index (χ4n) is 2.65. The van der Waals surface area contributed by atoms with Crippen LogP contribution >= 0.6 is 0 Å². The van der Waals surface area contributed by atoms with E-state index < -0.39 is 5.97 Å². The molecule has 122 valence electrons. The van der Waals surface area contributed by atoms with Gasteiger partial charge in [-0.3, -0.25) is 4.79 Å². The number of ether oxygens (including phenoxy) is 1. The van der Waals surface area contributed by atoms with Crippen LogP contribution in [0.2, 0.25) is 0 Å². The van der Waals surface area contributed by atoms with Crippen LogP contribution in [0, 0.1) is 17.8 Å². The van der Waals surface area contributed by atoms with E-state index in [0.717, 1.165) is 32.5 Å². The standard InChI is InChI=1S/C15H28N2O4/c1-11(2)7-13(8-14(18)19)9-17-15(20)16-5-3-12-4-6-21-10-12/h11-13H,3-10H2,1-2H3,(H,18,19)(H2,16,17,20). The van der Waals surface area contributed by atoms with Crippen LogP contribution in [0.1, 0.15) is 39.5 Å². The summed E-state index contributed by atoms with van der Waals surface area (Å²) >= 11 is 0. The number of carbonyl (C=O) groups is 2. The lowest BCUT2D eigenvalue weighted by Crippen LogP contribution is -2.39. The maximum atomic E-state index is 11.7. The Labute approximate surface area is 126 Å². The molecule has 6 heteroatoms. The first-order chi connectivity index (χ1) is 9.97. The lowest BCUT2D eigenvalue weighted by molar-refractivity contribution is -0.138. The van der Waals surface area contributed by atoms with E-state index >= 15 is 0 Å². The second-order valence-electron chi connectivity index (χ2n) is 6.25. The van der Waals surface area contributed by atoms with Crippen molar-refractivity contribution in [1.29, 1.82) is 0 Å². The Balaban J connectivity index is 2.17. The summed E-state index contributed by atoms with van der Waals surface area (Å²) in [6, 6.07) is -0.215. The van der Waals surface area contributed by atoms with E-state index in [9.17, 15) is 9.59 Å². The first-order valence-corrected chi connectivity index (χ1v) is 7.78. The highest BCUT2D eigenvalue weighted by Crippen LogP contribution is 2.15. The second-order valence-corrected chi connectivity index (χ2v) is 6.25. The van der Waals surface area contributed by atoms with Gasteiger partial charge in [0.05, 0.1) is 0 Å². The van der Waals surface area contributed by atoms with Gasteiger partial charge in [-0.15, -0.1) is 0 Å². The Hall–Kier alpha value is -1.30. The van der Waals surface area contributed by atoms with Crippen molar-refractivity contribution in [3.8, 4) is 0 Å². The second kappa shape index (κ2) is 9.60. The number of aliphatic carboxylic acids is 1. The topological polar surface area (TPSA) is 87.7 Å². The van der Waals surface area contributed by atoms with E-state index in [0.29, 0.717) is 24.9 Å². The molecule has 1 aliphatic heterocycles. The predicted octanol–water partition coefficient (Wildman–Crippen LogP) is 1.85. The van der Waals surface area contributed by atoms with Gasteiger partial charge in [0.2, 0.25) is 0 Å². The highest BCUT2D eigenvalue weighted by atomic mass is 16.5. The normalized spacial score (nSPS) is 19.5. The molecule has 2 amide bonds. The predicted molar refractivity (Wildman–Crippen MR) is 80.1 cm³/mol. The summed E-state index contributed by atoms with van der Waals surface area (Å²) in [5.74, 6) is 0.133. The number of hydrogen-bond donors (Lipinski definition) is 3. The van der Waals surface area contributed by atoms with Gasteiger partial charge in [-0.2, -0.15) is 0 Å². The molecule has 1 aliphatic rings. The molecule has 21 heavy (non-hydrogen) atoms. The molecule has 0 aromatic carbocycles. The van der Waals surface area contributed by atoms with E-state index in [1.165, 1.54) is 0 Å². The van der Waals surface area contributed by atoms with Gasteiger partial charge in [0.15, 0.2) is 0 Å². The van der Waals surface area contributed by atoms with Crippen molar-refractivity contribution in [2.75, 3.05) is 26.3 Å². The van der Waals surface area contributed by atoms with Crippen molar-refractivity contribution in [1.82, 2.24) is 10.6 Å². The number of rotatable bonds is 9. The fourth-order valence-corrected chi connectivity index (χ4v) is 2.65. The SMILES string of the molecule is CC(C)CC(CNC(=O)NCCC1CCOC1)CC(=O)O. The third-order valence-corrected chi connectivity index (χ3v) is 3.68. The number of amides is 2. The molecule has 0 radical (unpaired) electrons. The maximum absolute atomic E-state index is 11.7. The highest BCUT2D eigenvalue weighted by molar-refractivity contribution is 5.74. The van der Waals surface area contributed by atoms with Crippen molar-refractivity contribution in [3.05, 3.63) is 0 Å². The summed E-state index contributed by atoms with van der Waals surface area (Å²) in [5.41, 5.74) is 0. The molecule has 0 aromatic rings. The molecule has 6 nitrogen and oxygen atoms in total. The van der Waals surface area contributed by atoms with Crippen molar-refractivity contribution in [3.63, 3.8) is 0 Å². The van der Waals surface area contributed by atoms with Gasteiger partial charge >= 0.3 is 12.0 Å². The summed E-state index contributed by atoms with van der Waals surface area (Å²) in [7, 11) is 0. The largest absolute Gasteiger partial charge is 0.481 e. The van der Waals surface area contributed by atoms with Gasteiger partial charge in [0.1, 0.15) is 0 Å². The molecule has 2 atom stereocenters. The number of carboxylic acids is 1. The minimum Gasteiger partial charge on any atom is -0.481 e. The summed E-state index contributed by atoms with van der Waals surface area (Å²) in [6.45, 7) is 6.76. The third-order valence-electron chi connectivity index (χ3n) is 3.68. The molecule has 1 rings (SSSR count). The molecular weight excluding hydrogens is 272 g/mol. The number of carboxylic acid groups (broad SMARTS) is 1. The molecule has 2 unspecified atom stereocenters. The molecule has 1 heterocycles. The third kappa shape index (κ3) is 8.55. The number of hydrogen-bond acceptors (Lipinski definition) is 3. The first kappa shape index (κ1) is 17.8. The van der Waals surface area contributed by atoms with Crippen LogP contribution in [0.5, 0.6) is 0 Å². The Morgan fingerprint density at radius 1 is 1.33 bits per heavy atom. The van der Waals surface area contributed by atoms with Crippen LogP contribution in [0.4, 0.5) is 4.79 Å². The summed E-state index contributed by atoms with van der Waals surface area (Å²) in [6.07, 6.45) is 2.89. The van der Waals surface area contributed by atoms with Gasteiger partial charge < -0.3 is 20.5 Å². The molecule has 0 saturated carbocycles. The van der Waals surface area contributed by atoms with Gasteiger partial charge in [0.25, 0.3) is 0 Å². The van der Waals surface area contributed by atoms with Gasteiger partial charge in [-0.25, -0.2) is 4.79 Å². The van der Waals surface area contributed by atoms with Crippen molar-refractivity contribution in [2.45, 2.75) is 39.5 Å². The quantitative estimate of drug-likeness (QED) is 0.606.